The van der Waals surface area contributed by atoms with Crippen molar-refractivity contribution in [2.45, 2.75) is 13.0 Å². The molecule has 0 spiro atoms. The number of ether oxygens (including phenoxy) is 1. The van der Waals surface area contributed by atoms with E-state index in [2.05, 4.69) is 17.5 Å². The molecule has 142 valence electrons. The number of nitrogens with zero attached hydrogens (tertiary/aromatic N) is 1. The Kier molecular flexibility index (Phi) is 5.73. The lowest BCUT2D eigenvalue weighted by Gasteiger charge is -2.21. The number of hydrogen-bond donors (Lipinski definition) is 0. The number of carbonyl (C=O) groups is 1. The van der Waals surface area contributed by atoms with Crippen LogP contribution in [-0.4, -0.2) is 24.0 Å². The fourth-order valence-electron chi connectivity index (χ4n) is 3.08. The van der Waals surface area contributed by atoms with Crippen LogP contribution in [0.2, 0.25) is 0 Å². The molecule has 0 saturated heterocycles. The Morgan fingerprint density at radius 1 is 1.00 bits per heavy atom. The largest absolute Gasteiger partial charge is 0.484 e. The Morgan fingerprint density at radius 2 is 1.89 bits per heavy atom. The van der Waals surface area contributed by atoms with Crippen molar-refractivity contribution < 1.29 is 13.9 Å². The van der Waals surface area contributed by atoms with E-state index < -0.39 is 0 Å². The number of amides is 1. The minimum Gasteiger partial charge on any atom is -0.484 e. The van der Waals surface area contributed by atoms with E-state index in [0.29, 0.717) is 18.8 Å². The molecule has 0 aliphatic rings. The standard InChI is InChI=1S/C23H21NO3S/c25-23(17-27-20-10-9-18-5-1-2-6-19(18)15-20)24(16-21-7-3-13-26-21)12-11-22-8-4-14-28-22/h1-10,13-15H,11-12,16-17H2. The van der Waals surface area contributed by atoms with E-state index in [1.54, 1.807) is 22.5 Å². The van der Waals surface area contributed by atoms with Gasteiger partial charge >= 0.3 is 0 Å². The summed E-state index contributed by atoms with van der Waals surface area (Å²) in [6.07, 6.45) is 2.45. The van der Waals surface area contributed by atoms with E-state index in [1.807, 2.05) is 54.6 Å². The summed E-state index contributed by atoms with van der Waals surface area (Å²) in [5.41, 5.74) is 0. The van der Waals surface area contributed by atoms with Crippen LogP contribution in [0.4, 0.5) is 0 Å². The molecule has 0 radical (unpaired) electrons. The van der Waals surface area contributed by atoms with Crippen LogP contribution in [0.5, 0.6) is 5.75 Å². The second kappa shape index (κ2) is 8.76. The Labute approximate surface area is 168 Å². The number of carbonyl (C=O) groups excluding carboxylic acids is 1. The van der Waals surface area contributed by atoms with Crippen molar-refractivity contribution in [2.75, 3.05) is 13.2 Å². The molecule has 4 nitrogen and oxygen atoms in total. The summed E-state index contributed by atoms with van der Waals surface area (Å²) >= 11 is 1.70. The first-order chi connectivity index (χ1) is 13.8. The van der Waals surface area contributed by atoms with Gasteiger partial charge in [-0.2, -0.15) is 0 Å². The highest BCUT2D eigenvalue weighted by atomic mass is 32.1. The summed E-state index contributed by atoms with van der Waals surface area (Å²) < 4.78 is 11.2. The van der Waals surface area contributed by atoms with Gasteiger partial charge in [-0.1, -0.05) is 36.4 Å². The van der Waals surface area contributed by atoms with Gasteiger partial charge in [0.2, 0.25) is 0 Å². The quantitative estimate of drug-likeness (QED) is 0.417. The van der Waals surface area contributed by atoms with Crippen LogP contribution in [0.25, 0.3) is 10.8 Å². The topological polar surface area (TPSA) is 42.7 Å². The van der Waals surface area contributed by atoms with E-state index in [1.165, 1.54) is 4.88 Å². The summed E-state index contributed by atoms with van der Waals surface area (Å²) in [7, 11) is 0. The number of thiophene rings is 1. The fourth-order valence-corrected chi connectivity index (χ4v) is 3.77. The summed E-state index contributed by atoms with van der Waals surface area (Å²) in [5.74, 6) is 1.41. The lowest BCUT2D eigenvalue weighted by atomic mass is 10.1. The minimum atomic E-state index is -0.0545. The lowest BCUT2D eigenvalue weighted by Crippen LogP contribution is -2.35. The van der Waals surface area contributed by atoms with Crippen LogP contribution < -0.4 is 4.74 Å². The average Bonchev–Trinajstić information content (AvgIpc) is 3.43. The van der Waals surface area contributed by atoms with Crippen LogP contribution in [-0.2, 0) is 17.8 Å². The first-order valence-corrected chi connectivity index (χ1v) is 10.1. The molecule has 0 aliphatic heterocycles. The summed E-state index contributed by atoms with van der Waals surface area (Å²) in [5, 5.41) is 4.30. The smallest absolute Gasteiger partial charge is 0.260 e. The maximum Gasteiger partial charge on any atom is 0.260 e. The van der Waals surface area contributed by atoms with Gasteiger partial charge in [0.15, 0.2) is 6.61 Å². The van der Waals surface area contributed by atoms with Crippen LogP contribution in [0.1, 0.15) is 10.6 Å². The molecule has 4 aromatic rings. The second-order valence-electron chi connectivity index (χ2n) is 6.52. The maximum atomic E-state index is 12.8. The number of furan rings is 1. The molecule has 2 aromatic carbocycles. The zero-order valence-electron chi connectivity index (χ0n) is 15.4. The van der Waals surface area contributed by atoms with Crippen molar-refractivity contribution in [3.63, 3.8) is 0 Å². The van der Waals surface area contributed by atoms with Gasteiger partial charge in [0.25, 0.3) is 5.91 Å². The van der Waals surface area contributed by atoms with Crippen molar-refractivity contribution in [3.8, 4) is 5.75 Å². The SMILES string of the molecule is O=C(COc1ccc2ccccc2c1)N(CCc1cccs1)Cc1ccco1. The number of fused-ring (bicyclic) bond motifs is 1. The predicted molar refractivity (Wildman–Crippen MR) is 112 cm³/mol. The van der Waals surface area contributed by atoms with Crippen molar-refractivity contribution in [1.82, 2.24) is 4.90 Å². The first kappa shape index (κ1) is 18.3. The molecule has 1 amide bonds. The molecule has 2 aromatic heterocycles. The van der Waals surface area contributed by atoms with Crippen LogP contribution in [0, 0.1) is 0 Å². The molecule has 0 N–H and O–H groups in total. The van der Waals surface area contributed by atoms with Crippen molar-refractivity contribution in [2.24, 2.45) is 0 Å². The molecule has 28 heavy (non-hydrogen) atoms. The van der Waals surface area contributed by atoms with E-state index in [0.717, 1.165) is 23.0 Å². The van der Waals surface area contributed by atoms with Gasteiger partial charge < -0.3 is 14.1 Å². The monoisotopic (exact) mass is 391 g/mol. The molecule has 4 rings (SSSR count). The second-order valence-corrected chi connectivity index (χ2v) is 7.55. The molecule has 5 heteroatoms. The third-order valence-electron chi connectivity index (χ3n) is 4.57. The summed E-state index contributed by atoms with van der Waals surface area (Å²) in [6.45, 7) is 1.07. The Balaban J connectivity index is 1.41. The van der Waals surface area contributed by atoms with Gasteiger partial charge in [0, 0.05) is 11.4 Å². The minimum absolute atomic E-state index is 0.00346. The number of rotatable bonds is 8. The molecule has 0 aliphatic carbocycles. The van der Waals surface area contributed by atoms with E-state index in [9.17, 15) is 4.79 Å². The van der Waals surface area contributed by atoms with Gasteiger partial charge in [-0.15, -0.1) is 11.3 Å². The highest BCUT2D eigenvalue weighted by Crippen LogP contribution is 2.21. The predicted octanol–water partition coefficient (Wildman–Crippen LogP) is 5.14. The third kappa shape index (κ3) is 4.61. The van der Waals surface area contributed by atoms with E-state index >= 15 is 0 Å². The lowest BCUT2D eigenvalue weighted by molar-refractivity contribution is -0.134. The zero-order chi connectivity index (χ0) is 19.2. The van der Waals surface area contributed by atoms with Gasteiger partial charge in [0.05, 0.1) is 12.8 Å². The summed E-state index contributed by atoms with van der Waals surface area (Å²) in [4.78, 5) is 15.9. The Morgan fingerprint density at radius 3 is 2.68 bits per heavy atom. The molecule has 2 heterocycles. The molecular formula is C23H21NO3S. The highest BCUT2D eigenvalue weighted by Gasteiger charge is 2.16. The zero-order valence-corrected chi connectivity index (χ0v) is 16.2. The van der Waals surface area contributed by atoms with Gasteiger partial charge in [-0.25, -0.2) is 0 Å². The first-order valence-electron chi connectivity index (χ1n) is 9.22. The molecular weight excluding hydrogens is 370 g/mol. The Hall–Kier alpha value is -3.05. The van der Waals surface area contributed by atoms with Gasteiger partial charge in [-0.05, 0) is 52.9 Å². The number of hydrogen-bond acceptors (Lipinski definition) is 4. The van der Waals surface area contributed by atoms with Crippen LogP contribution in [0.15, 0.2) is 82.8 Å². The normalized spacial score (nSPS) is 10.9. The van der Waals surface area contributed by atoms with Gasteiger partial charge in [0.1, 0.15) is 11.5 Å². The van der Waals surface area contributed by atoms with Crippen molar-refractivity contribution in [3.05, 3.63) is 89.0 Å². The molecule has 0 saturated carbocycles. The molecule has 0 fully saturated rings. The van der Waals surface area contributed by atoms with Crippen molar-refractivity contribution >= 4 is 28.0 Å². The van der Waals surface area contributed by atoms with E-state index in [4.69, 9.17) is 9.15 Å². The van der Waals surface area contributed by atoms with E-state index in [-0.39, 0.29) is 12.5 Å². The average molecular weight is 391 g/mol. The third-order valence-corrected chi connectivity index (χ3v) is 5.51. The van der Waals surface area contributed by atoms with Crippen molar-refractivity contribution in [1.29, 1.82) is 0 Å². The van der Waals surface area contributed by atoms with Gasteiger partial charge in [-0.3, -0.25) is 4.79 Å². The Bertz CT molecular complexity index is 1030. The number of benzene rings is 2. The van der Waals surface area contributed by atoms with Crippen LogP contribution in [0.3, 0.4) is 0 Å². The molecule has 0 bridgehead atoms. The van der Waals surface area contributed by atoms with Crippen LogP contribution >= 0.6 is 11.3 Å². The summed E-state index contributed by atoms with van der Waals surface area (Å²) in [6, 6.07) is 21.8. The molecule has 0 unspecified atom stereocenters. The highest BCUT2D eigenvalue weighted by molar-refractivity contribution is 7.09. The molecule has 0 atom stereocenters. The maximum absolute atomic E-state index is 12.8. The fraction of sp³-hybridized carbons (Fsp3) is 0.174.